The molecule has 0 spiro atoms. The van der Waals surface area contributed by atoms with Crippen LogP contribution in [-0.4, -0.2) is 19.8 Å². The summed E-state index contributed by atoms with van der Waals surface area (Å²) in [6.45, 7) is 2.14. The number of aryl methyl sites for hydroxylation is 1. The maximum absolute atomic E-state index is 4.60. The number of fused-ring (bicyclic) bond motifs is 1. The van der Waals surface area contributed by atoms with Crippen molar-refractivity contribution in [2.24, 2.45) is 0 Å². The molecule has 0 saturated carbocycles. The monoisotopic (exact) mass is 258 g/mol. The van der Waals surface area contributed by atoms with E-state index in [0.717, 1.165) is 35.1 Å². The fourth-order valence-electron chi connectivity index (χ4n) is 1.92. The number of hydrogen-bond donors (Lipinski definition) is 0. The van der Waals surface area contributed by atoms with Crippen LogP contribution >= 0.6 is 11.3 Å². The van der Waals surface area contributed by atoms with Crippen molar-refractivity contribution >= 4 is 16.3 Å². The maximum Gasteiger partial charge on any atom is 0.234 e. The lowest BCUT2D eigenvalue weighted by Crippen LogP contribution is -1.96. The topological polar surface area (TPSA) is 43.1 Å². The number of rotatable bonds is 4. The number of nitrogens with zero attached hydrogens (tertiary/aromatic N) is 4. The predicted molar refractivity (Wildman–Crippen MR) is 71.9 cm³/mol. The van der Waals surface area contributed by atoms with E-state index in [4.69, 9.17) is 0 Å². The van der Waals surface area contributed by atoms with Crippen LogP contribution < -0.4 is 0 Å². The van der Waals surface area contributed by atoms with Crippen molar-refractivity contribution < 1.29 is 0 Å². The van der Waals surface area contributed by atoms with Gasteiger partial charge in [-0.1, -0.05) is 48.6 Å². The summed E-state index contributed by atoms with van der Waals surface area (Å²) >= 11 is 1.62. The molecule has 4 nitrogen and oxygen atoms in total. The van der Waals surface area contributed by atoms with Crippen molar-refractivity contribution in [3.8, 4) is 0 Å². The summed E-state index contributed by atoms with van der Waals surface area (Å²) in [7, 11) is 0. The Morgan fingerprint density at radius 3 is 2.78 bits per heavy atom. The van der Waals surface area contributed by atoms with Crippen molar-refractivity contribution in [2.75, 3.05) is 0 Å². The van der Waals surface area contributed by atoms with E-state index in [-0.39, 0.29) is 0 Å². The zero-order valence-electron chi connectivity index (χ0n) is 10.2. The first-order valence-corrected chi connectivity index (χ1v) is 6.92. The second-order valence-corrected chi connectivity index (χ2v) is 5.26. The second kappa shape index (κ2) is 4.86. The number of benzene rings is 1. The molecule has 92 valence electrons. The first-order valence-electron chi connectivity index (χ1n) is 6.10. The third kappa shape index (κ3) is 2.13. The summed E-state index contributed by atoms with van der Waals surface area (Å²) < 4.78 is 1.88. The quantitative estimate of drug-likeness (QED) is 0.722. The van der Waals surface area contributed by atoms with Crippen LogP contribution in [0.15, 0.2) is 30.3 Å². The zero-order valence-corrected chi connectivity index (χ0v) is 11.0. The van der Waals surface area contributed by atoms with Crippen molar-refractivity contribution in [2.45, 2.75) is 26.2 Å². The minimum absolute atomic E-state index is 0.862. The summed E-state index contributed by atoms with van der Waals surface area (Å²) in [6.07, 6.45) is 2.85. The molecule has 0 saturated heterocycles. The lowest BCUT2D eigenvalue weighted by molar-refractivity contribution is 0.767. The van der Waals surface area contributed by atoms with E-state index in [1.54, 1.807) is 11.3 Å². The minimum atomic E-state index is 0.862. The standard InChI is InChI=1S/C13H14N4S/c1-2-6-11-14-15-13-17(11)16-12(18-13)9-10-7-4-3-5-8-10/h3-5,7-8H,2,6,9H2,1H3. The van der Waals surface area contributed by atoms with E-state index in [1.165, 1.54) is 5.56 Å². The highest BCUT2D eigenvalue weighted by molar-refractivity contribution is 7.16. The fraction of sp³-hybridized carbons (Fsp3) is 0.308. The number of aromatic nitrogens is 4. The van der Waals surface area contributed by atoms with Gasteiger partial charge in [-0.15, -0.1) is 10.2 Å². The molecule has 3 rings (SSSR count). The van der Waals surface area contributed by atoms with E-state index in [0.29, 0.717) is 0 Å². The molecule has 0 bridgehead atoms. The Hall–Kier alpha value is -1.75. The minimum Gasteiger partial charge on any atom is -0.187 e. The highest BCUT2D eigenvalue weighted by Gasteiger charge is 2.10. The first kappa shape index (κ1) is 11.3. The Morgan fingerprint density at radius 1 is 1.17 bits per heavy atom. The van der Waals surface area contributed by atoms with E-state index >= 15 is 0 Å². The van der Waals surface area contributed by atoms with E-state index < -0.39 is 0 Å². The Morgan fingerprint density at radius 2 is 2.00 bits per heavy atom. The third-order valence-corrected chi connectivity index (χ3v) is 3.67. The van der Waals surface area contributed by atoms with Crippen molar-refractivity contribution in [3.63, 3.8) is 0 Å². The van der Waals surface area contributed by atoms with Crippen molar-refractivity contribution in [1.82, 2.24) is 19.8 Å². The Balaban J connectivity index is 1.89. The van der Waals surface area contributed by atoms with Crippen LogP contribution in [0, 0.1) is 0 Å². The average molecular weight is 258 g/mol. The molecule has 0 amide bonds. The van der Waals surface area contributed by atoms with E-state index in [1.807, 2.05) is 10.6 Å². The third-order valence-electron chi connectivity index (χ3n) is 2.77. The molecular weight excluding hydrogens is 244 g/mol. The van der Waals surface area contributed by atoms with Crippen molar-refractivity contribution in [1.29, 1.82) is 0 Å². The molecule has 0 unspecified atom stereocenters. The lowest BCUT2D eigenvalue weighted by Gasteiger charge is -1.95. The Labute approximate surface area is 109 Å². The van der Waals surface area contributed by atoms with Gasteiger partial charge in [-0.25, -0.2) is 0 Å². The molecule has 0 aliphatic rings. The molecule has 2 aromatic heterocycles. The molecule has 0 radical (unpaired) electrons. The summed E-state index contributed by atoms with van der Waals surface area (Å²) in [5.41, 5.74) is 1.28. The zero-order chi connectivity index (χ0) is 12.4. The largest absolute Gasteiger partial charge is 0.234 e. The normalized spacial score (nSPS) is 11.2. The highest BCUT2D eigenvalue weighted by atomic mass is 32.1. The molecule has 0 aliphatic carbocycles. The van der Waals surface area contributed by atoms with Gasteiger partial charge in [0, 0.05) is 12.8 Å². The van der Waals surface area contributed by atoms with Gasteiger partial charge < -0.3 is 0 Å². The van der Waals surface area contributed by atoms with Gasteiger partial charge in [0.05, 0.1) is 0 Å². The average Bonchev–Trinajstić information content (AvgIpc) is 2.93. The molecule has 0 aliphatic heterocycles. The first-order chi connectivity index (χ1) is 8.86. The molecule has 3 aromatic rings. The molecule has 5 heteroatoms. The van der Waals surface area contributed by atoms with Crippen LogP contribution in [-0.2, 0) is 12.8 Å². The van der Waals surface area contributed by atoms with Crippen LogP contribution in [0.4, 0.5) is 0 Å². The summed E-state index contributed by atoms with van der Waals surface area (Å²) in [5, 5.41) is 14.0. The Kier molecular flexibility index (Phi) is 3.06. The predicted octanol–water partition coefficient (Wildman–Crippen LogP) is 2.73. The highest BCUT2D eigenvalue weighted by Crippen LogP contribution is 2.17. The summed E-state index contributed by atoms with van der Waals surface area (Å²) in [4.78, 5) is 0.893. The summed E-state index contributed by atoms with van der Waals surface area (Å²) in [5.74, 6) is 0.961. The number of hydrogen-bond acceptors (Lipinski definition) is 4. The van der Waals surface area contributed by atoms with Gasteiger partial charge in [-0.05, 0) is 12.0 Å². The van der Waals surface area contributed by atoms with Gasteiger partial charge in [0.25, 0.3) is 0 Å². The molecule has 0 atom stereocenters. The Bertz CT molecular complexity index is 641. The maximum atomic E-state index is 4.60. The SMILES string of the molecule is CCCc1nnc2sc(Cc3ccccc3)nn12. The second-order valence-electron chi connectivity index (χ2n) is 4.22. The molecule has 0 fully saturated rings. The van der Waals surface area contributed by atoms with Gasteiger partial charge in [-0.3, -0.25) is 0 Å². The van der Waals surface area contributed by atoms with E-state index in [9.17, 15) is 0 Å². The molecular formula is C13H14N4S. The van der Waals surface area contributed by atoms with Gasteiger partial charge in [0.1, 0.15) is 5.01 Å². The van der Waals surface area contributed by atoms with Crippen LogP contribution in [0.25, 0.3) is 4.96 Å². The van der Waals surface area contributed by atoms with Gasteiger partial charge in [0.2, 0.25) is 4.96 Å². The van der Waals surface area contributed by atoms with Crippen LogP contribution in [0.5, 0.6) is 0 Å². The van der Waals surface area contributed by atoms with Gasteiger partial charge in [-0.2, -0.15) is 9.61 Å². The lowest BCUT2D eigenvalue weighted by atomic mass is 10.2. The molecule has 0 N–H and O–H groups in total. The molecule has 18 heavy (non-hydrogen) atoms. The van der Waals surface area contributed by atoms with Gasteiger partial charge in [0.15, 0.2) is 5.82 Å². The van der Waals surface area contributed by atoms with Crippen LogP contribution in [0.1, 0.15) is 29.7 Å². The van der Waals surface area contributed by atoms with Crippen LogP contribution in [0.2, 0.25) is 0 Å². The molecule has 1 aromatic carbocycles. The smallest absolute Gasteiger partial charge is 0.187 e. The van der Waals surface area contributed by atoms with Crippen LogP contribution in [0.3, 0.4) is 0 Å². The summed E-state index contributed by atoms with van der Waals surface area (Å²) in [6, 6.07) is 10.4. The van der Waals surface area contributed by atoms with Gasteiger partial charge >= 0.3 is 0 Å². The van der Waals surface area contributed by atoms with Crippen molar-refractivity contribution in [3.05, 3.63) is 46.7 Å². The molecule has 2 heterocycles. The van der Waals surface area contributed by atoms with E-state index in [2.05, 4.69) is 46.5 Å². The fourth-order valence-corrected chi connectivity index (χ4v) is 2.80.